The molecule has 5 heteroatoms. The van der Waals surface area contributed by atoms with Gasteiger partial charge in [0.15, 0.2) is 0 Å². The highest BCUT2D eigenvalue weighted by Gasteiger charge is 2.24. The van der Waals surface area contributed by atoms with E-state index in [0.29, 0.717) is 16.3 Å². The number of rotatable bonds is 2. The van der Waals surface area contributed by atoms with Gasteiger partial charge < -0.3 is 4.90 Å². The highest BCUT2D eigenvalue weighted by atomic mass is 79.9. The number of piperidine rings is 1. The van der Waals surface area contributed by atoms with Gasteiger partial charge in [0.25, 0.3) is 5.56 Å². The predicted octanol–water partition coefficient (Wildman–Crippen LogP) is 3.48. The summed E-state index contributed by atoms with van der Waals surface area (Å²) in [6, 6.07) is 9.49. The van der Waals surface area contributed by atoms with Crippen molar-refractivity contribution in [3.05, 3.63) is 51.4 Å². The van der Waals surface area contributed by atoms with Gasteiger partial charge in [0, 0.05) is 13.1 Å². The first kappa shape index (κ1) is 15.3. The van der Waals surface area contributed by atoms with Crippen molar-refractivity contribution in [2.24, 2.45) is 11.8 Å². The minimum atomic E-state index is -0.116. The Balaban J connectivity index is 1.98. The fraction of sp³-hybridized carbons (Fsp3) is 0.412. The SMILES string of the molecule is C[C@@H]1C[C@H](C)CN(c2cnn(-c3ccccc3)c(=O)c2Br)C1. The second kappa shape index (κ2) is 6.24. The molecule has 1 aromatic carbocycles. The molecule has 1 aromatic heterocycles. The van der Waals surface area contributed by atoms with E-state index in [1.165, 1.54) is 11.1 Å². The maximum atomic E-state index is 12.6. The number of hydrogen-bond acceptors (Lipinski definition) is 3. The molecule has 1 aliphatic rings. The molecule has 2 heterocycles. The van der Waals surface area contributed by atoms with E-state index in [0.717, 1.165) is 24.5 Å². The van der Waals surface area contributed by atoms with Crippen molar-refractivity contribution in [3.63, 3.8) is 0 Å². The third kappa shape index (κ3) is 2.95. The van der Waals surface area contributed by atoms with E-state index in [1.807, 2.05) is 30.3 Å². The number of aromatic nitrogens is 2. The van der Waals surface area contributed by atoms with Crippen molar-refractivity contribution in [1.82, 2.24) is 9.78 Å². The van der Waals surface area contributed by atoms with Crippen molar-refractivity contribution in [1.29, 1.82) is 0 Å². The molecule has 0 aliphatic carbocycles. The van der Waals surface area contributed by atoms with Crippen LogP contribution < -0.4 is 10.5 Å². The quantitative estimate of drug-likeness (QED) is 0.821. The van der Waals surface area contributed by atoms with Crippen LogP contribution in [0.3, 0.4) is 0 Å². The molecular weight excluding hydrogens is 342 g/mol. The predicted molar refractivity (Wildman–Crippen MR) is 92.7 cm³/mol. The Morgan fingerprint density at radius 1 is 1.14 bits per heavy atom. The number of para-hydroxylation sites is 1. The first-order valence-electron chi connectivity index (χ1n) is 7.64. The zero-order chi connectivity index (χ0) is 15.7. The Bertz CT molecular complexity index is 704. The van der Waals surface area contributed by atoms with E-state index in [4.69, 9.17) is 0 Å². The minimum Gasteiger partial charge on any atom is -0.369 e. The molecule has 4 nitrogen and oxygen atoms in total. The zero-order valence-corrected chi connectivity index (χ0v) is 14.5. The molecule has 1 saturated heterocycles. The lowest BCUT2D eigenvalue weighted by atomic mass is 9.92. The number of nitrogens with zero attached hydrogens (tertiary/aromatic N) is 3. The maximum absolute atomic E-state index is 12.6. The van der Waals surface area contributed by atoms with Crippen LogP contribution in [0.25, 0.3) is 5.69 Å². The van der Waals surface area contributed by atoms with Crippen molar-refractivity contribution in [2.75, 3.05) is 18.0 Å². The lowest BCUT2D eigenvalue weighted by Crippen LogP contribution is -2.40. The summed E-state index contributed by atoms with van der Waals surface area (Å²) in [5.74, 6) is 1.26. The lowest BCUT2D eigenvalue weighted by molar-refractivity contribution is 0.356. The summed E-state index contributed by atoms with van der Waals surface area (Å²) in [4.78, 5) is 14.9. The number of halogens is 1. The summed E-state index contributed by atoms with van der Waals surface area (Å²) >= 11 is 3.49. The molecule has 0 unspecified atom stereocenters. The third-order valence-corrected chi connectivity index (χ3v) is 4.86. The molecule has 0 radical (unpaired) electrons. The zero-order valence-electron chi connectivity index (χ0n) is 12.9. The molecule has 22 heavy (non-hydrogen) atoms. The fourth-order valence-corrected chi connectivity index (χ4v) is 3.78. The van der Waals surface area contributed by atoms with Crippen molar-refractivity contribution >= 4 is 21.6 Å². The maximum Gasteiger partial charge on any atom is 0.287 e. The van der Waals surface area contributed by atoms with Gasteiger partial charge in [-0.3, -0.25) is 4.79 Å². The molecule has 1 aliphatic heterocycles. The highest BCUT2D eigenvalue weighted by molar-refractivity contribution is 9.10. The van der Waals surface area contributed by atoms with Crippen LogP contribution in [0.2, 0.25) is 0 Å². The third-order valence-electron chi connectivity index (χ3n) is 4.11. The molecule has 2 atom stereocenters. The molecule has 0 amide bonds. The normalized spacial score (nSPS) is 21.9. The van der Waals surface area contributed by atoms with Gasteiger partial charge in [-0.1, -0.05) is 32.0 Å². The summed E-state index contributed by atoms with van der Waals surface area (Å²) in [6.45, 7) is 6.46. The van der Waals surface area contributed by atoms with Gasteiger partial charge in [0.1, 0.15) is 4.47 Å². The van der Waals surface area contributed by atoms with Gasteiger partial charge in [0.05, 0.1) is 17.6 Å². The molecule has 3 rings (SSSR count). The van der Waals surface area contributed by atoms with E-state index < -0.39 is 0 Å². The number of anilines is 1. The average molecular weight is 362 g/mol. The molecule has 2 aromatic rings. The first-order chi connectivity index (χ1) is 10.6. The van der Waals surface area contributed by atoms with Crippen LogP contribution in [-0.2, 0) is 0 Å². The van der Waals surface area contributed by atoms with E-state index in [9.17, 15) is 4.79 Å². The largest absolute Gasteiger partial charge is 0.369 e. The molecule has 116 valence electrons. The van der Waals surface area contributed by atoms with Gasteiger partial charge in [-0.2, -0.15) is 9.78 Å². The Hall–Kier alpha value is -1.62. The Kier molecular flexibility index (Phi) is 4.34. The van der Waals surface area contributed by atoms with Crippen LogP contribution in [0.5, 0.6) is 0 Å². The van der Waals surface area contributed by atoms with Gasteiger partial charge in [-0.05, 0) is 46.3 Å². The van der Waals surface area contributed by atoms with Crippen molar-refractivity contribution in [2.45, 2.75) is 20.3 Å². The summed E-state index contributed by atoms with van der Waals surface area (Å²) < 4.78 is 2.03. The summed E-state index contributed by atoms with van der Waals surface area (Å²) in [5, 5.41) is 4.37. The standard InChI is InChI=1S/C17H20BrN3O/c1-12-8-13(2)11-20(10-12)15-9-19-21(17(22)16(15)18)14-6-4-3-5-7-14/h3-7,9,12-13H,8,10-11H2,1-2H3/t12-,13+. The van der Waals surface area contributed by atoms with Crippen LogP contribution >= 0.6 is 15.9 Å². The van der Waals surface area contributed by atoms with Crippen LogP contribution in [0.15, 0.2) is 45.8 Å². The first-order valence-corrected chi connectivity index (χ1v) is 8.43. The second-order valence-electron chi connectivity index (χ2n) is 6.25. The topological polar surface area (TPSA) is 38.1 Å². The number of hydrogen-bond donors (Lipinski definition) is 0. The lowest BCUT2D eigenvalue weighted by Gasteiger charge is -2.36. The second-order valence-corrected chi connectivity index (χ2v) is 7.04. The Morgan fingerprint density at radius 3 is 2.41 bits per heavy atom. The molecule has 0 bridgehead atoms. The Labute approximate surface area is 138 Å². The highest BCUT2D eigenvalue weighted by Crippen LogP contribution is 2.29. The monoisotopic (exact) mass is 361 g/mol. The minimum absolute atomic E-state index is 0.116. The molecular formula is C17H20BrN3O. The van der Waals surface area contributed by atoms with E-state index in [-0.39, 0.29) is 5.56 Å². The van der Waals surface area contributed by atoms with Gasteiger partial charge in [-0.15, -0.1) is 0 Å². The molecule has 0 N–H and O–H groups in total. The Morgan fingerprint density at radius 2 is 1.77 bits per heavy atom. The van der Waals surface area contributed by atoms with Gasteiger partial charge >= 0.3 is 0 Å². The fourth-order valence-electron chi connectivity index (χ4n) is 3.26. The number of benzene rings is 1. The van der Waals surface area contributed by atoms with Crippen molar-refractivity contribution < 1.29 is 0 Å². The van der Waals surface area contributed by atoms with E-state index in [1.54, 1.807) is 6.20 Å². The van der Waals surface area contributed by atoms with Gasteiger partial charge in [0.2, 0.25) is 0 Å². The van der Waals surface area contributed by atoms with Crippen LogP contribution in [0, 0.1) is 11.8 Å². The van der Waals surface area contributed by atoms with Crippen molar-refractivity contribution in [3.8, 4) is 5.69 Å². The average Bonchev–Trinajstić information content (AvgIpc) is 2.50. The van der Waals surface area contributed by atoms with Crippen LogP contribution in [0.4, 0.5) is 5.69 Å². The molecule has 0 spiro atoms. The summed E-state index contributed by atoms with van der Waals surface area (Å²) in [7, 11) is 0. The summed E-state index contributed by atoms with van der Waals surface area (Å²) in [5.41, 5.74) is 1.56. The molecule has 0 saturated carbocycles. The van der Waals surface area contributed by atoms with Crippen LogP contribution in [-0.4, -0.2) is 22.9 Å². The summed E-state index contributed by atoms with van der Waals surface area (Å²) in [6.07, 6.45) is 3.03. The molecule has 1 fully saturated rings. The smallest absolute Gasteiger partial charge is 0.287 e. The van der Waals surface area contributed by atoms with Crippen LogP contribution in [0.1, 0.15) is 20.3 Å². The van der Waals surface area contributed by atoms with E-state index >= 15 is 0 Å². The van der Waals surface area contributed by atoms with E-state index in [2.05, 4.69) is 39.8 Å². The van der Waals surface area contributed by atoms with Gasteiger partial charge in [-0.25, -0.2) is 0 Å².